The van der Waals surface area contributed by atoms with E-state index in [1.54, 1.807) is 48.3 Å². The Balaban J connectivity index is 1.08. The minimum Gasteiger partial charge on any atom is -0.465 e. The zero-order valence-electron chi connectivity index (χ0n) is 29.4. The highest BCUT2D eigenvalue weighted by atomic mass is 32.2. The number of amides is 1. The van der Waals surface area contributed by atoms with E-state index >= 15 is 0 Å². The van der Waals surface area contributed by atoms with Crippen LogP contribution in [-0.4, -0.2) is 80.7 Å². The summed E-state index contributed by atoms with van der Waals surface area (Å²) in [5.74, 6) is -0.611. The van der Waals surface area contributed by atoms with E-state index < -0.39 is 27.7 Å². The molecule has 6 rings (SSSR count). The number of nitrogens with zero attached hydrogens (tertiary/aromatic N) is 5. The number of nitro groups is 1. The fraction of sp³-hybridized carbons (Fsp3) is 0.205. The zero-order chi connectivity index (χ0) is 38.0. The van der Waals surface area contributed by atoms with Gasteiger partial charge in [0.05, 0.1) is 23.3 Å². The van der Waals surface area contributed by atoms with Crippen LogP contribution in [0.5, 0.6) is 0 Å². The Morgan fingerprint density at radius 2 is 1.63 bits per heavy atom. The topological polar surface area (TPSA) is 155 Å². The molecular weight excluding hydrogens is 729 g/mol. The van der Waals surface area contributed by atoms with Gasteiger partial charge in [0, 0.05) is 85.2 Å². The van der Waals surface area contributed by atoms with Crippen molar-refractivity contribution < 1.29 is 27.7 Å². The average molecular weight is 767 g/mol. The summed E-state index contributed by atoms with van der Waals surface area (Å²) >= 11 is 1.60. The Morgan fingerprint density at radius 3 is 2.33 bits per heavy atom. The van der Waals surface area contributed by atoms with E-state index in [1.807, 2.05) is 48.5 Å². The van der Waals surface area contributed by atoms with Crippen LogP contribution in [0.15, 0.2) is 120 Å². The highest BCUT2D eigenvalue weighted by Gasteiger charge is 2.25. The Hall–Kier alpha value is -5.77. The molecule has 0 bridgehead atoms. The van der Waals surface area contributed by atoms with Gasteiger partial charge in [0.1, 0.15) is 5.69 Å². The van der Waals surface area contributed by atoms with Crippen LogP contribution in [-0.2, 0) is 22.2 Å². The Labute approximate surface area is 318 Å². The molecule has 278 valence electrons. The zero-order valence-corrected chi connectivity index (χ0v) is 31.1. The van der Waals surface area contributed by atoms with E-state index in [1.165, 1.54) is 25.4 Å². The predicted octanol–water partition coefficient (Wildman–Crippen LogP) is 6.14. The third-order valence-electron chi connectivity index (χ3n) is 8.94. The molecule has 5 aromatic rings. The number of benzene rings is 4. The molecule has 0 atom stereocenters. The number of hydrogen-bond donors (Lipinski definition) is 2. The van der Waals surface area contributed by atoms with Gasteiger partial charge in [0.25, 0.3) is 11.6 Å². The molecule has 1 N–H and O–H groups in total. The number of ether oxygens (including phenoxy) is 1. The van der Waals surface area contributed by atoms with Gasteiger partial charge in [-0.2, -0.15) is 0 Å². The van der Waals surface area contributed by atoms with E-state index in [0.29, 0.717) is 28.7 Å². The van der Waals surface area contributed by atoms with Crippen molar-refractivity contribution in [3.8, 4) is 11.1 Å². The van der Waals surface area contributed by atoms with Crippen molar-refractivity contribution in [3.05, 3.63) is 142 Å². The van der Waals surface area contributed by atoms with Gasteiger partial charge in [-0.05, 0) is 65.7 Å². The van der Waals surface area contributed by atoms with Gasteiger partial charge in [0.15, 0.2) is 0 Å². The van der Waals surface area contributed by atoms with Gasteiger partial charge in [-0.1, -0.05) is 42.5 Å². The van der Waals surface area contributed by atoms with Crippen molar-refractivity contribution in [1.29, 1.82) is 0 Å². The first kappa shape index (κ1) is 38.0. The Morgan fingerprint density at radius 1 is 0.907 bits per heavy atom. The summed E-state index contributed by atoms with van der Waals surface area (Å²) in [6, 6.07) is 30.1. The van der Waals surface area contributed by atoms with Gasteiger partial charge >= 0.3 is 5.97 Å². The third kappa shape index (κ3) is 9.23. The van der Waals surface area contributed by atoms with Gasteiger partial charge in [-0.3, -0.25) is 24.8 Å². The molecular formula is C39H38N6O7S2. The standard InChI is InChI=1S/C39H38N6O7S2/c1-52-39(47)31-23-30(25-40-26-31)35-10-6-5-7-29(35)27-42-18-20-43(21-19-42)32-13-11-28(12-14-32)38(46)44(54(50)51)33-15-16-36(37(24-33)45(48)49)41-17-22-53-34-8-3-2-4-9-34/h2-16,23-26,41,54H,17-22,27H2,1H3. The molecule has 1 aromatic heterocycles. The number of anilines is 3. The van der Waals surface area contributed by atoms with Gasteiger partial charge < -0.3 is 15.0 Å². The molecule has 1 aliphatic rings. The van der Waals surface area contributed by atoms with Crippen molar-refractivity contribution in [2.75, 3.05) is 60.1 Å². The summed E-state index contributed by atoms with van der Waals surface area (Å²) in [5, 5.41) is 15.0. The normalized spacial score (nSPS) is 13.0. The molecule has 15 heteroatoms. The van der Waals surface area contributed by atoms with Crippen molar-refractivity contribution in [2.45, 2.75) is 11.4 Å². The second-order valence-electron chi connectivity index (χ2n) is 12.3. The maximum Gasteiger partial charge on any atom is 0.339 e. The minimum atomic E-state index is -3.46. The maximum atomic E-state index is 13.5. The van der Waals surface area contributed by atoms with Crippen LogP contribution in [0.2, 0.25) is 0 Å². The number of carbonyl (C=O) groups is 2. The van der Waals surface area contributed by atoms with Crippen LogP contribution in [0.25, 0.3) is 11.1 Å². The summed E-state index contributed by atoms with van der Waals surface area (Å²) in [7, 11) is -2.11. The van der Waals surface area contributed by atoms with Crippen molar-refractivity contribution in [2.24, 2.45) is 0 Å². The van der Waals surface area contributed by atoms with Crippen molar-refractivity contribution >= 4 is 57.3 Å². The first-order chi connectivity index (χ1) is 26.2. The van der Waals surface area contributed by atoms with Crippen LogP contribution in [0.3, 0.4) is 0 Å². The molecule has 0 saturated carbocycles. The Kier molecular flexibility index (Phi) is 12.5. The quantitative estimate of drug-likeness (QED) is 0.0333. The van der Waals surface area contributed by atoms with Crippen LogP contribution < -0.4 is 14.5 Å². The lowest BCUT2D eigenvalue weighted by Crippen LogP contribution is -2.46. The lowest BCUT2D eigenvalue weighted by molar-refractivity contribution is -0.383. The molecule has 0 unspecified atom stereocenters. The van der Waals surface area contributed by atoms with E-state index in [4.69, 9.17) is 4.74 Å². The number of thiol groups is 1. The number of nitrogens with one attached hydrogen (secondary N) is 1. The molecule has 1 saturated heterocycles. The van der Waals surface area contributed by atoms with Crippen LogP contribution >= 0.6 is 11.8 Å². The summed E-state index contributed by atoms with van der Waals surface area (Å²) < 4.78 is 30.2. The molecule has 54 heavy (non-hydrogen) atoms. The van der Waals surface area contributed by atoms with Crippen LogP contribution in [0.1, 0.15) is 26.3 Å². The van der Waals surface area contributed by atoms with Crippen molar-refractivity contribution in [1.82, 2.24) is 9.88 Å². The number of aromatic nitrogens is 1. The first-order valence-electron chi connectivity index (χ1n) is 17.1. The average Bonchev–Trinajstić information content (AvgIpc) is 3.20. The van der Waals surface area contributed by atoms with Crippen LogP contribution in [0, 0.1) is 10.1 Å². The molecule has 4 aromatic carbocycles. The lowest BCUT2D eigenvalue weighted by Gasteiger charge is -2.36. The monoisotopic (exact) mass is 766 g/mol. The van der Waals surface area contributed by atoms with Crippen LogP contribution in [0.4, 0.5) is 22.7 Å². The second-order valence-corrected chi connectivity index (χ2v) is 14.4. The number of piperazine rings is 1. The van der Waals surface area contributed by atoms with E-state index in [-0.39, 0.29) is 22.6 Å². The van der Waals surface area contributed by atoms with Gasteiger partial charge in [0.2, 0.25) is 10.9 Å². The molecule has 0 aliphatic carbocycles. The largest absolute Gasteiger partial charge is 0.465 e. The summed E-state index contributed by atoms with van der Waals surface area (Å²) in [6.45, 7) is 4.13. The van der Waals surface area contributed by atoms with E-state index in [0.717, 1.165) is 59.5 Å². The van der Waals surface area contributed by atoms with Crippen molar-refractivity contribution in [3.63, 3.8) is 0 Å². The highest BCUT2D eigenvalue weighted by Crippen LogP contribution is 2.32. The number of nitro benzene ring substituents is 1. The smallest absolute Gasteiger partial charge is 0.339 e. The minimum absolute atomic E-state index is 0.124. The maximum absolute atomic E-state index is 13.5. The van der Waals surface area contributed by atoms with Gasteiger partial charge in [-0.15, -0.1) is 11.8 Å². The third-order valence-corrected chi connectivity index (χ3v) is 10.7. The number of thioether (sulfide) groups is 1. The summed E-state index contributed by atoms with van der Waals surface area (Å²) in [5.41, 5.74) is 4.08. The molecule has 1 aliphatic heterocycles. The Bertz CT molecular complexity index is 2190. The SMILES string of the molecule is COC(=O)c1cncc(-c2ccccc2CN2CCN(c3ccc(C(=O)N(c4ccc(NCCSc5ccccc5)c([N+](=O)[O-])c4)[SH](=O)=O)cc3)CC2)c1. The number of esters is 1. The fourth-order valence-electron chi connectivity index (χ4n) is 6.21. The number of rotatable bonds is 14. The lowest BCUT2D eigenvalue weighted by atomic mass is 9.99. The summed E-state index contributed by atoms with van der Waals surface area (Å²) in [4.78, 5) is 46.8. The number of methoxy groups -OCH3 is 1. The second kappa shape index (κ2) is 17.8. The molecule has 2 heterocycles. The van der Waals surface area contributed by atoms with E-state index in [9.17, 15) is 28.1 Å². The highest BCUT2D eigenvalue weighted by molar-refractivity contribution is 7.99. The molecule has 13 nitrogen and oxygen atoms in total. The number of carbonyl (C=O) groups excluding carboxylic acids is 2. The fourth-order valence-corrected chi connectivity index (χ4v) is 7.57. The number of pyridine rings is 1. The van der Waals surface area contributed by atoms with E-state index in [2.05, 4.69) is 26.2 Å². The number of hydrogen-bond acceptors (Lipinski definition) is 12. The molecule has 0 spiro atoms. The summed E-state index contributed by atoms with van der Waals surface area (Å²) in [6.07, 6.45) is 3.22. The molecule has 1 amide bonds. The molecule has 0 radical (unpaired) electrons. The van der Waals surface area contributed by atoms with Gasteiger partial charge in [-0.25, -0.2) is 17.5 Å². The molecule has 1 fully saturated rings. The first-order valence-corrected chi connectivity index (χ1v) is 19.2. The predicted molar refractivity (Wildman–Crippen MR) is 211 cm³/mol.